The Kier molecular flexibility index (Phi) is 3.03. The highest BCUT2D eigenvalue weighted by molar-refractivity contribution is 7.91. The van der Waals surface area contributed by atoms with E-state index in [-0.39, 0.29) is 0 Å². The number of aromatic nitrogens is 1. The van der Waals surface area contributed by atoms with E-state index in [2.05, 4.69) is 4.98 Å². The molecule has 2 aromatic carbocycles. The van der Waals surface area contributed by atoms with Gasteiger partial charge in [0.15, 0.2) is 0 Å². The predicted molar refractivity (Wildman–Crippen MR) is 78.4 cm³/mol. The molecular formula is C16H13NO2S. The molecular weight excluding hydrogens is 270 g/mol. The first-order chi connectivity index (χ1) is 9.57. The third-order valence-corrected chi connectivity index (χ3v) is 4.93. The average molecular weight is 283 g/mol. The van der Waals surface area contributed by atoms with Crippen LogP contribution in [0.2, 0.25) is 0 Å². The van der Waals surface area contributed by atoms with Crippen molar-refractivity contribution in [1.82, 2.24) is 4.98 Å². The van der Waals surface area contributed by atoms with E-state index in [1.54, 1.807) is 48.5 Å². The monoisotopic (exact) mass is 283 g/mol. The maximum absolute atomic E-state index is 12.5. The molecule has 4 heteroatoms. The summed E-state index contributed by atoms with van der Waals surface area (Å²) in [5.41, 5.74) is 1.72. The molecule has 0 aliphatic carbocycles. The van der Waals surface area contributed by atoms with Crippen LogP contribution in [0.3, 0.4) is 0 Å². The van der Waals surface area contributed by atoms with Crippen LogP contribution in [0.5, 0.6) is 0 Å². The van der Waals surface area contributed by atoms with E-state index < -0.39 is 9.84 Å². The third-order valence-electron chi connectivity index (χ3n) is 3.16. The quantitative estimate of drug-likeness (QED) is 0.724. The van der Waals surface area contributed by atoms with Gasteiger partial charge in [0.25, 0.3) is 0 Å². The zero-order chi connectivity index (χ0) is 14.2. The highest BCUT2D eigenvalue weighted by Crippen LogP contribution is 2.24. The summed E-state index contributed by atoms with van der Waals surface area (Å²) in [6, 6.07) is 17.2. The van der Waals surface area contributed by atoms with Crippen LogP contribution in [0.25, 0.3) is 10.9 Å². The van der Waals surface area contributed by atoms with E-state index >= 15 is 0 Å². The number of hydrogen-bond acceptors (Lipinski definition) is 3. The summed E-state index contributed by atoms with van der Waals surface area (Å²) in [5.74, 6) is 0. The Bertz CT molecular complexity index is 871. The molecule has 20 heavy (non-hydrogen) atoms. The highest BCUT2D eigenvalue weighted by Gasteiger charge is 2.17. The van der Waals surface area contributed by atoms with Gasteiger partial charge in [-0.25, -0.2) is 8.42 Å². The lowest BCUT2D eigenvalue weighted by molar-refractivity contribution is 0.596. The number of aryl methyl sites for hydroxylation is 1. The van der Waals surface area contributed by atoms with Crippen molar-refractivity contribution in [3.63, 3.8) is 0 Å². The first-order valence-electron chi connectivity index (χ1n) is 6.25. The zero-order valence-corrected chi connectivity index (χ0v) is 11.8. The van der Waals surface area contributed by atoms with Gasteiger partial charge in [0.05, 0.1) is 15.3 Å². The molecule has 3 nitrogen and oxygen atoms in total. The van der Waals surface area contributed by atoms with Crippen LogP contribution < -0.4 is 0 Å². The van der Waals surface area contributed by atoms with Crippen molar-refractivity contribution in [2.45, 2.75) is 16.7 Å². The maximum atomic E-state index is 12.5. The lowest BCUT2D eigenvalue weighted by Crippen LogP contribution is -2.01. The molecule has 0 atom stereocenters. The first kappa shape index (κ1) is 12.8. The Morgan fingerprint density at radius 1 is 0.850 bits per heavy atom. The number of benzene rings is 2. The van der Waals surface area contributed by atoms with E-state index in [1.807, 2.05) is 19.1 Å². The second-order valence-electron chi connectivity index (χ2n) is 4.62. The summed E-state index contributed by atoms with van der Waals surface area (Å²) < 4.78 is 25.0. The summed E-state index contributed by atoms with van der Waals surface area (Å²) in [4.78, 5) is 4.98. The number of rotatable bonds is 2. The fourth-order valence-corrected chi connectivity index (χ4v) is 3.43. The van der Waals surface area contributed by atoms with Crippen molar-refractivity contribution < 1.29 is 8.42 Å². The summed E-state index contributed by atoms with van der Waals surface area (Å²) in [5, 5.41) is 0.826. The topological polar surface area (TPSA) is 47.0 Å². The smallest absolute Gasteiger partial charge is 0.206 e. The van der Waals surface area contributed by atoms with Gasteiger partial charge in [0.1, 0.15) is 0 Å². The molecule has 0 bridgehead atoms. The van der Waals surface area contributed by atoms with Crippen molar-refractivity contribution in [3.05, 3.63) is 66.4 Å². The van der Waals surface area contributed by atoms with E-state index in [0.29, 0.717) is 9.79 Å². The summed E-state index contributed by atoms with van der Waals surface area (Å²) in [6.45, 7) is 1.91. The van der Waals surface area contributed by atoms with Crippen LogP contribution in [0.4, 0.5) is 0 Å². The Morgan fingerprint density at radius 3 is 2.35 bits per heavy atom. The standard InChI is InChI=1S/C16H13NO2S/c1-12-7-8-13-11-15(9-10-16(13)17-12)20(18,19)14-5-3-2-4-6-14/h2-11H,1H3. The van der Waals surface area contributed by atoms with E-state index in [9.17, 15) is 8.42 Å². The molecule has 0 saturated heterocycles. The minimum atomic E-state index is -3.47. The molecule has 0 saturated carbocycles. The van der Waals surface area contributed by atoms with E-state index in [0.717, 1.165) is 16.6 Å². The molecule has 0 radical (unpaired) electrons. The second kappa shape index (κ2) is 4.72. The normalized spacial score (nSPS) is 11.7. The van der Waals surface area contributed by atoms with Crippen molar-refractivity contribution in [2.75, 3.05) is 0 Å². The Hall–Kier alpha value is -2.20. The molecule has 0 amide bonds. The van der Waals surface area contributed by atoms with Gasteiger partial charge in [-0.3, -0.25) is 4.98 Å². The number of nitrogens with zero attached hydrogens (tertiary/aromatic N) is 1. The minimum absolute atomic E-state index is 0.293. The number of hydrogen-bond donors (Lipinski definition) is 0. The third kappa shape index (κ3) is 2.18. The van der Waals surface area contributed by atoms with E-state index in [1.165, 1.54) is 0 Å². The number of pyridine rings is 1. The van der Waals surface area contributed by atoms with Crippen LogP contribution in [-0.2, 0) is 9.84 Å². The fraction of sp³-hybridized carbons (Fsp3) is 0.0625. The lowest BCUT2D eigenvalue weighted by atomic mass is 10.2. The van der Waals surface area contributed by atoms with Crippen LogP contribution >= 0.6 is 0 Å². The summed E-state index contributed by atoms with van der Waals surface area (Å²) in [6.07, 6.45) is 0. The minimum Gasteiger partial charge on any atom is -0.253 e. The fourth-order valence-electron chi connectivity index (χ4n) is 2.11. The Labute approximate surface area is 117 Å². The Balaban J connectivity index is 2.18. The van der Waals surface area contributed by atoms with Gasteiger partial charge in [0.2, 0.25) is 9.84 Å². The molecule has 100 valence electrons. The molecule has 0 N–H and O–H groups in total. The van der Waals surface area contributed by atoms with Gasteiger partial charge >= 0.3 is 0 Å². The summed E-state index contributed by atoms with van der Waals surface area (Å²) in [7, 11) is -3.47. The van der Waals surface area contributed by atoms with Crippen molar-refractivity contribution in [2.24, 2.45) is 0 Å². The van der Waals surface area contributed by atoms with Gasteiger partial charge in [-0.15, -0.1) is 0 Å². The molecule has 1 aromatic heterocycles. The highest BCUT2D eigenvalue weighted by atomic mass is 32.2. The van der Waals surface area contributed by atoms with Crippen LogP contribution in [-0.4, -0.2) is 13.4 Å². The van der Waals surface area contributed by atoms with Gasteiger partial charge < -0.3 is 0 Å². The molecule has 3 rings (SSSR count). The van der Waals surface area contributed by atoms with Gasteiger partial charge in [-0.2, -0.15) is 0 Å². The lowest BCUT2D eigenvalue weighted by Gasteiger charge is -2.06. The predicted octanol–water partition coefficient (Wildman–Crippen LogP) is 3.38. The molecule has 0 aliphatic rings. The number of fused-ring (bicyclic) bond motifs is 1. The second-order valence-corrected chi connectivity index (χ2v) is 6.57. The van der Waals surface area contributed by atoms with Crippen LogP contribution in [0, 0.1) is 6.92 Å². The molecule has 0 fully saturated rings. The molecule has 0 aliphatic heterocycles. The first-order valence-corrected chi connectivity index (χ1v) is 7.73. The summed E-state index contributed by atoms with van der Waals surface area (Å²) >= 11 is 0. The van der Waals surface area contributed by atoms with Crippen molar-refractivity contribution in [1.29, 1.82) is 0 Å². The van der Waals surface area contributed by atoms with Crippen LogP contribution in [0.15, 0.2) is 70.5 Å². The van der Waals surface area contributed by atoms with Gasteiger partial charge in [0, 0.05) is 11.1 Å². The number of sulfone groups is 1. The van der Waals surface area contributed by atoms with Crippen molar-refractivity contribution >= 4 is 20.7 Å². The van der Waals surface area contributed by atoms with Gasteiger partial charge in [-0.05, 0) is 43.3 Å². The molecule has 0 unspecified atom stereocenters. The average Bonchev–Trinajstić information content (AvgIpc) is 2.47. The van der Waals surface area contributed by atoms with Gasteiger partial charge in [-0.1, -0.05) is 24.3 Å². The Morgan fingerprint density at radius 2 is 1.60 bits per heavy atom. The molecule has 0 spiro atoms. The van der Waals surface area contributed by atoms with E-state index in [4.69, 9.17) is 0 Å². The van der Waals surface area contributed by atoms with Crippen molar-refractivity contribution in [3.8, 4) is 0 Å². The van der Waals surface area contributed by atoms with Crippen LogP contribution in [0.1, 0.15) is 5.69 Å². The molecule has 1 heterocycles. The molecule has 3 aromatic rings. The SMILES string of the molecule is Cc1ccc2cc(S(=O)(=O)c3ccccc3)ccc2n1. The zero-order valence-electron chi connectivity index (χ0n) is 10.9. The largest absolute Gasteiger partial charge is 0.253 e. The maximum Gasteiger partial charge on any atom is 0.206 e.